The minimum atomic E-state index is -3.77. The van der Waals surface area contributed by atoms with Crippen molar-refractivity contribution in [2.24, 2.45) is 0 Å². The van der Waals surface area contributed by atoms with Crippen LogP contribution in [0.25, 0.3) is 11.3 Å². The molecule has 1 aromatic heterocycles. The topological polar surface area (TPSA) is 135 Å². The number of rotatable bonds is 8. The Morgan fingerprint density at radius 2 is 1.77 bits per heavy atom. The number of ether oxygens (including phenoxy) is 1. The third kappa shape index (κ3) is 5.82. The van der Waals surface area contributed by atoms with Crippen molar-refractivity contribution in [3.8, 4) is 17.0 Å². The number of hydrogen-bond donors (Lipinski definition) is 1. The van der Waals surface area contributed by atoms with Crippen molar-refractivity contribution in [3.63, 3.8) is 0 Å². The molecule has 13 heteroatoms. The summed E-state index contributed by atoms with van der Waals surface area (Å²) in [5.74, 6) is 0.519. The molecule has 0 aliphatic carbocycles. The molecule has 1 amide bonds. The Morgan fingerprint density at radius 1 is 1.11 bits per heavy atom. The largest absolute Gasteiger partial charge is 0.497 e. The molecular formula is C22H23N5O6S2. The molecule has 11 nitrogen and oxygen atoms in total. The van der Waals surface area contributed by atoms with Gasteiger partial charge in [0.2, 0.25) is 15.9 Å². The minimum Gasteiger partial charge on any atom is -0.497 e. The number of methoxy groups -OCH3 is 1. The average Bonchev–Trinajstić information content (AvgIpc) is 3.32. The number of aromatic nitrogens is 1. The van der Waals surface area contributed by atoms with Crippen LogP contribution < -0.4 is 10.1 Å². The molecular weight excluding hydrogens is 494 g/mol. The maximum absolute atomic E-state index is 12.8. The first kappa shape index (κ1) is 24.7. The number of nitrogens with one attached hydrogen (secondary N) is 1. The van der Waals surface area contributed by atoms with E-state index < -0.39 is 14.9 Å². The lowest BCUT2D eigenvalue weighted by atomic mass is 10.2. The van der Waals surface area contributed by atoms with Gasteiger partial charge in [-0.15, -0.1) is 11.3 Å². The molecule has 0 saturated carbocycles. The summed E-state index contributed by atoms with van der Waals surface area (Å²) in [5, 5.41) is 15.9. The van der Waals surface area contributed by atoms with Crippen LogP contribution in [0.4, 0.5) is 10.8 Å². The predicted molar refractivity (Wildman–Crippen MR) is 131 cm³/mol. The third-order valence-electron chi connectivity index (χ3n) is 5.52. The van der Waals surface area contributed by atoms with Crippen molar-refractivity contribution >= 4 is 38.1 Å². The summed E-state index contributed by atoms with van der Waals surface area (Å²) in [6.45, 7) is 1.31. The maximum atomic E-state index is 12.8. The van der Waals surface area contributed by atoms with Crippen molar-refractivity contribution in [2.45, 2.75) is 4.90 Å². The quantitative estimate of drug-likeness (QED) is 0.356. The van der Waals surface area contributed by atoms with Gasteiger partial charge in [0.1, 0.15) is 5.75 Å². The summed E-state index contributed by atoms with van der Waals surface area (Å²) in [6, 6.07) is 12.3. The zero-order chi connectivity index (χ0) is 25.0. The fourth-order valence-electron chi connectivity index (χ4n) is 3.60. The lowest BCUT2D eigenvalue weighted by Gasteiger charge is -2.33. The number of benzene rings is 2. The molecule has 2 heterocycles. The molecule has 0 spiro atoms. The summed E-state index contributed by atoms with van der Waals surface area (Å²) in [6.07, 6.45) is 0. The molecule has 184 valence electrons. The highest BCUT2D eigenvalue weighted by Gasteiger charge is 2.29. The van der Waals surface area contributed by atoms with Gasteiger partial charge < -0.3 is 10.1 Å². The van der Waals surface area contributed by atoms with Crippen molar-refractivity contribution in [1.29, 1.82) is 0 Å². The molecule has 3 aromatic rings. The van der Waals surface area contributed by atoms with E-state index in [2.05, 4.69) is 10.3 Å². The van der Waals surface area contributed by atoms with E-state index in [9.17, 15) is 23.3 Å². The number of thiazole rings is 1. The second-order valence-corrected chi connectivity index (χ2v) is 10.5. The van der Waals surface area contributed by atoms with Crippen molar-refractivity contribution in [1.82, 2.24) is 14.2 Å². The summed E-state index contributed by atoms with van der Waals surface area (Å²) in [5.41, 5.74) is 1.49. The van der Waals surface area contributed by atoms with Gasteiger partial charge in [-0.2, -0.15) is 4.31 Å². The normalized spacial score (nSPS) is 15.0. The van der Waals surface area contributed by atoms with E-state index in [0.717, 1.165) is 17.0 Å². The van der Waals surface area contributed by atoms with Gasteiger partial charge in [-0.25, -0.2) is 13.4 Å². The van der Waals surface area contributed by atoms with E-state index >= 15 is 0 Å². The fourth-order valence-corrected chi connectivity index (χ4v) is 5.76. The highest BCUT2D eigenvalue weighted by Crippen LogP contribution is 2.26. The molecule has 0 radical (unpaired) electrons. The highest BCUT2D eigenvalue weighted by atomic mass is 32.2. The number of piperazine rings is 1. The van der Waals surface area contributed by atoms with Crippen molar-refractivity contribution in [3.05, 3.63) is 64.0 Å². The zero-order valence-electron chi connectivity index (χ0n) is 18.8. The van der Waals surface area contributed by atoms with Gasteiger partial charge in [-0.1, -0.05) is 0 Å². The molecule has 1 fully saturated rings. The molecule has 35 heavy (non-hydrogen) atoms. The van der Waals surface area contributed by atoms with E-state index in [1.54, 1.807) is 7.11 Å². The molecule has 0 unspecified atom stereocenters. The van der Waals surface area contributed by atoms with Crippen molar-refractivity contribution in [2.75, 3.05) is 45.2 Å². The number of hydrogen-bond acceptors (Lipinski definition) is 9. The molecule has 1 aliphatic heterocycles. The van der Waals surface area contributed by atoms with E-state index in [4.69, 9.17) is 4.74 Å². The van der Waals surface area contributed by atoms with Gasteiger partial charge in [0.05, 0.1) is 29.2 Å². The number of sulfonamides is 1. The van der Waals surface area contributed by atoms with Crippen LogP contribution in [0.2, 0.25) is 0 Å². The van der Waals surface area contributed by atoms with E-state index in [1.165, 1.54) is 39.9 Å². The van der Waals surface area contributed by atoms with Gasteiger partial charge in [0.25, 0.3) is 5.69 Å². The van der Waals surface area contributed by atoms with E-state index in [1.807, 2.05) is 34.5 Å². The van der Waals surface area contributed by atoms with Crippen LogP contribution >= 0.6 is 11.3 Å². The standard InChI is InChI=1S/C22H23N5O6S2/c1-33-18-6-2-16(3-7-18)20-15-34-22(23-20)24-21(28)14-25-10-12-26(13-11-25)35(31,32)19-8-4-17(5-9-19)27(29)30/h2-9,15H,10-14H2,1H3,(H,23,24,28). The van der Waals surface area contributed by atoms with E-state index in [0.29, 0.717) is 18.2 Å². The first-order valence-electron chi connectivity index (χ1n) is 10.6. The summed E-state index contributed by atoms with van der Waals surface area (Å²) in [4.78, 5) is 29.1. The molecule has 1 aliphatic rings. The predicted octanol–water partition coefficient (Wildman–Crippen LogP) is 2.67. The monoisotopic (exact) mass is 517 g/mol. The Bertz CT molecular complexity index is 1300. The lowest BCUT2D eigenvalue weighted by molar-refractivity contribution is -0.384. The Balaban J connectivity index is 1.29. The number of carbonyl (C=O) groups excluding carboxylic acids is 1. The molecule has 1 saturated heterocycles. The van der Waals surface area contributed by atoms with Crippen LogP contribution in [0.1, 0.15) is 0 Å². The molecule has 2 aromatic carbocycles. The van der Waals surface area contributed by atoms with E-state index in [-0.39, 0.29) is 36.1 Å². The molecule has 0 atom stereocenters. The average molecular weight is 518 g/mol. The minimum absolute atomic E-state index is 0.00530. The zero-order valence-corrected chi connectivity index (χ0v) is 20.4. The van der Waals surface area contributed by atoms with Gasteiger partial charge in [0, 0.05) is 49.3 Å². The van der Waals surface area contributed by atoms with Crippen LogP contribution in [0, 0.1) is 10.1 Å². The van der Waals surface area contributed by atoms with Crippen molar-refractivity contribution < 1.29 is 22.9 Å². The first-order chi connectivity index (χ1) is 16.8. The number of nitrogens with zero attached hydrogens (tertiary/aromatic N) is 4. The Kier molecular flexibility index (Phi) is 7.40. The van der Waals surface area contributed by atoms with Crippen LogP contribution in [0.5, 0.6) is 5.75 Å². The first-order valence-corrected chi connectivity index (χ1v) is 12.9. The van der Waals surface area contributed by atoms with Crippen LogP contribution in [-0.4, -0.2) is 73.3 Å². The van der Waals surface area contributed by atoms with Gasteiger partial charge >= 0.3 is 0 Å². The van der Waals surface area contributed by atoms with Gasteiger partial charge in [-0.05, 0) is 36.4 Å². The van der Waals surface area contributed by atoms with Gasteiger partial charge in [-0.3, -0.25) is 19.8 Å². The second kappa shape index (κ2) is 10.5. The number of amides is 1. The Hall–Kier alpha value is -3.39. The summed E-state index contributed by atoms with van der Waals surface area (Å²) >= 11 is 1.33. The molecule has 1 N–H and O–H groups in total. The van der Waals surface area contributed by atoms with Crippen LogP contribution in [0.3, 0.4) is 0 Å². The SMILES string of the molecule is COc1ccc(-c2csc(NC(=O)CN3CCN(S(=O)(=O)c4ccc([N+](=O)[O-])cc4)CC3)n2)cc1. The Morgan fingerprint density at radius 3 is 2.37 bits per heavy atom. The lowest BCUT2D eigenvalue weighted by Crippen LogP contribution is -2.50. The summed E-state index contributed by atoms with van der Waals surface area (Å²) in [7, 11) is -2.17. The molecule has 0 bridgehead atoms. The number of non-ortho nitro benzene ring substituents is 1. The highest BCUT2D eigenvalue weighted by molar-refractivity contribution is 7.89. The number of anilines is 1. The van der Waals surface area contributed by atoms with Gasteiger partial charge in [0.15, 0.2) is 5.13 Å². The number of carbonyl (C=O) groups is 1. The second-order valence-electron chi connectivity index (χ2n) is 7.75. The number of nitro groups is 1. The maximum Gasteiger partial charge on any atom is 0.269 e. The van der Waals surface area contributed by atoms with Crippen LogP contribution in [0.15, 0.2) is 58.8 Å². The molecule has 4 rings (SSSR count). The fraction of sp³-hybridized carbons (Fsp3) is 0.273. The third-order valence-corrected chi connectivity index (χ3v) is 8.19. The van der Waals surface area contributed by atoms with Crippen LogP contribution in [-0.2, 0) is 14.8 Å². The Labute approximate surface area is 206 Å². The number of nitro benzene ring substituents is 1. The smallest absolute Gasteiger partial charge is 0.269 e. The summed E-state index contributed by atoms with van der Waals surface area (Å²) < 4.78 is 32.2.